The third kappa shape index (κ3) is 6.86. The van der Waals surface area contributed by atoms with Gasteiger partial charge in [-0.25, -0.2) is 9.59 Å². The molecule has 0 aliphatic carbocycles. The number of hydrogen-bond donors (Lipinski definition) is 3. The first kappa shape index (κ1) is 14.5. The normalized spacial score (nSPS) is 12.0. The van der Waals surface area contributed by atoms with Crippen molar-refractivity contribution in [2.24, 2.45) is 5.92 Å². The highest BCUT2D eigenvalue weighted by Crippen LogP contribution is 2.04. The van der Waals surface area contributed by atoms with Crippen molar-refractivity contribution in [3.63, 3.8) is 0 Å². The van der Waals surface area contributed by atoms with Gasteiger partial charge in [-0.1, -0.05) is 26.0 Å². The zero-order valence-corrected chi connectivity index (χ0v) is 10.0. The molecule has 1 atom stereocenters. The maximum absolute atomic E-state index is 11.3. The third-order valence-electron chi connectivity index (χ3n) is 1.86. The zero-order valence-electron chi connectivity index (χ0n) is 10.0. The molecule has 0 saturated heterocycles. The fraction of sp³-hybridized carbons (Fsp3) is 0.636. The monoisotopic (exact) mass is 228 g/mol. The van der Waals surface area contributed by atoms with E-state index < -0.39 is 18.0 Å². The van der Waals surface area contributed by atoms with Crippen LogP contribution in [0.1, 0.15) is 27.2 Å². The number of carboxylic acids is 1. The summed E-state index contributed by atoms with van der Waals surface area (Å²) in [6.07, 6.45) is 0.413. The van der Waals surface area contributed by atoms with Gasteiger partial charge in [-0.15, -0.1) is 0 Å². The van der Waals surface area contributed by atoms with Gasteiger partial charge in [0.05, 0.1) is 0 Å². The van der Waals surface area contributed by atoms with Gasteiger partial charge in [0.1, 0.15) is 6.04 Å². The van der Waals surface area contributed by atoms with E-state index in [2.05, 4.69) is 17.2 Å². The molecule has 0 spiro atoms. The van der Waals surface area contributed by atoms with Gasteiger partial charge < -0.3 is 15.7 Å². The molecule has 0 saturated carbocycles. The molecule has 2 amide bonds. The van der Waals surface area contributed by atoms with Crippen LogP contribution in [0.2, 0.25) is 0 Å². The molecule has 0 radical (unpaired) electrons. The van der Waals surface area contributed by atoms with E-state index in [4.69, 9.17) is 5.11 Å². The number of rotatable bonds is 6. The van der Waals surface area contributed by atoms with Crippen LogP contribution in [-0.2, 0) is 4.79 Å². The number of nitrogens with one attached hydrogen (secondary N) is 2. The highest BCUT2D eigenvalue weighted by Gasteiger charge is 2.20. The van der Waals surface area contributed by atoms with Crippen molar-refractivity contribution >= 4 is 12.0 Å². The lowest BCUT2D eigenvalue weighted by Crippen LogP contribution is -2.46. The Morgan fingerprint density at radius 1 is 1.38 bits per heavy atom. The van der Waals surface area contributed by atoms with E-state index in [-0.39, 0.29) is 5.92 Å². The molecule has 0 aromatic carbocycles. The lowest BCUT2D eigenvalue weighted by atomic mass is 10.0. The Bertz CT molecular complexity index is 274. The number of amides is 2. The second kappa shape index (κ2) is 6.87. The number of carbonyl (C=O) groups is 2. The van der Waals surface area contributed by atoms with Crippen molar-refractivity contribution in [2.45, 2.75) is 33.2 Å². The predicted molar refractivity (Wildman–Crippen MR) is 62.2 cm³/mol. The molecule has 0 heterocycles. The Labute approximate surface area is 95.9 Å². The van der Waals surface area contributed by atoms with Crippen molar-refractivity contribution < 1.29 is 14.7 Å². The smallest absolute Gasteiger partial charge is 0.326 e. The van der Waals surface area contributed by atoms with Crippen LogP contribution in [0.15, 0.2) is 12.2 Å². The van der Waals surface area contributed by atoms with E-state index in [1.54, 1.807) is 6.92 Å². The molecule has 0 aromatic rings. The Balaban J connectivity index is 4.13. The average molecular weight is 228 g/mol. The van der Waals surface area contributed by atoms with Gasteiger partial charge in [0.15, 0.2) is 0 Å². The van der Waals surface area contributed by atoms with E-state index in [0.29, 0.717) is 13.0 Å². The molecule has 5 nitrogen and oxygen atoms in total. The number of aliphatic carboxylic acids is 1. The molecule has 16 heavy (non-hydrogen) atoms. The molecule has 0 aromatic heterocycles. The Hall–Kier alpha value is -1.52. The van der Waals surface area contributed by atoms with E-state index in [9.17, 15) is 9.59 Å². The maximum Gasteiger partial charge on any atom is 0.326 e. The van der Waals surface area contributed by atoms with Gasteiger partial charge in [-0.2, -0.15) is 0 Å². The minimum atomic E-state index is -1.01. The van der Waals surface area contributed by atoms with Crippen LogP contribution in [0.5, 0.6) is 0 Å². The SMILES string of the molecule is C=C(C)CNC(=O)NC(CC(C)C)C(=O)O. The number of carbonyl (C=O) groups excluding carboxylic acids is 1. The van der Waals surface area contributed by atoms with Crippen LogP contribution in [0.4, 0.5) is 4.79 Å². The van der Waals surface area contributed by atoms with Gasteiger partial charge in [0, 0.05) is 6.54 Å². The summed E-state index contributed by atoms with van der Waals surface area (Å²) in [7, 11) is 0. The molecule has 0 fully saturated rings. The summed E-state index contributed by atoms with van der Waals surface area (Å²) in [4.78, 5) is 22.2. The minimum absolute atomic E-state index is 0.211. The van der Waals surface area contributed by atoms with Crippen molar-refractivity contribution in [1.29, 1.82) is 0 Å². The van der Waals surface area contributed by atoms with Crippen LogP contribution in [0, 0.1) is 5.92 Å². The summed E-state index contributed by atoms with van der Waals surface area (Å²) in [5, 5.41) is 13.8. The molecule has 5 heteroatoms. The summed E-state index contributed by atoms with van der Waals surface area (Å²) in [5.74, 6) is -0.804. The summed E-state index contributed by atoms with van der Waals surface area (Å²) >= 11 is 0. The van der Waals surface area contributed by atoms with Crippen LogP contribution >= 0.6 is 0 Å². The first-order chi connectivity index (χ1) is 7.32. The molecular formula is C11H20N2O3. The van der Waals surface area contributed by atoms with Crippen LogP contribution < -0.4 is 10.6 Å². The summed E-state index contributed by atoms with van der Waals surface area (Å²) < 4.78 is 0. The minimum Gasteiger partial charge on any atom is -0.480 e. The van der Waals surface area contributed by atoms with E-state index >= 15 is 0 Å². The van der Waals surface area contributed by atoms with Crippen molar-refractivity contribution in [1.82, 2.24) is 10.6 Å². The van der Waals surface area contributed by atoms with Crippen LogP contribution in [-0.4, -0.2) is 29.7 Å². The van der Waals surface area contributed by atoms with Gasteiger partial charge in [0.2, 0.25) is 0 Å². The summed E-state index contributed by atoms with van der Waals surface area (Å²) in [5.41, 5.74) is 0.811. The fourth-order valence-electron chi connectivity index (χ4n) is 1.13. The third-order valence-corrected chi connectivity index (χ3v) is 1.86. The topological polar surface area (TPSA) is 78.4 Å². The highest BCUT2D eigenvalue weighted by molar-refractivity contribution is 5.82. The number of carboxylic acid groups (broad SMARTS) is 1. The first-order valence-electron chi connectivity index (χ1n) is 5.24. The zero-order chi connectivity index (χ0) is 12.7. The van der Waals surface area contributed by atoms with Crippen molar-refractivity contribution in [3.05, 3.63) is 12.2 Å². The Kier molecular flexibility index (Phi) is 6.22. The quantitative estimate of drug-likeness (QED) is 0.601. The van der Waals surface area contributed by atoms with Crippen LogP contribution in [0.3, 0.4) is 0 Å². The second-order valence-electron chi connectivity index (χ2n) is 4.30. The van der Waals surface area contributed by atoms with Gasteiger partial charge in [0.25, 0.3) is 0 Å². The molecule has 92 valence electrons. The van der Waals surface area contributed by atoms with Gasteiger partial charge in [-0.3, -0.25) is 0 Å². The number of hydrogen-bond acceptors (Lipinski definition) is 2. The van der Waals surface area contributed by atoms with Crippen molar-refractivity contribution in [2.75, 3.05) is 6.54 Å². The lowest BCUT2D eigenvalue weighted by molar-refractivity contribution is -0.139. The van der Waals surface area contributed by atoms with E-state index in [1.807, 2.05) is 13.8 Å². The molecule has 0 aliphatic rings. The summed E-state index contributed by atoms with van der Waals surface area (Å²) in [6, 6.07) is -1.32. The Morgan fingerprint density at radius 2 is 1.94 bits per heavy atom. The largest absolute Gasteiger partial charge is 0.480 e. The Morgan fingerprint density at radius 3 is 2.31 bits per heavy atom. The molecular weight excluding hydrogens is 208 g/mol. The van der Waals surface area contributed by atoms with E-state index in [1.165, 1.54) is 0 Å². The average Bonchev–Trinajstić information content (AvgIpc) is 2.12. The summed E-state index contributed by atoms with van der Waals surface area (Å²) in [6.45, 7) is 9.57. The van der Waals surface area contributed by atoms with E-state index in [0.717, 1.165) is 5.57 Å². The molecule has 0 bridgehead atoms. The number of urea groups is 1. The first-order valence-corrected chi connectivity index (χ1v) is 5.24. The second-order valence-corrected chi connectivity index (χ2v) is 4.30. The molecule has 3 N–H and O–H groups in total. The lowest BCUT2D eigenvalue weighted by Gasteiger charge is -2.16. The molecule has 0 rings (SSSR count). The highest BCUT2D eigenvalue weighted by atomic mass is 16.4. The molecule has 1 unspecified atom stereocenters. The van der Waals surface area contributed by atoms with Gasteiger partial charge in [-0.05, 0) is 19.3 Å². The van der Waals surface area contributed by atoms with Crippen molar-refractivity contribution in [3.8, 4) is 0 Å². The predicted octanol–water partition coefficient (Wildman–Crippen LogP) is 1.36. The molecule has 0 aliphatic heterocycles. The van der Waals surface area contributed by atoms with Crippen LogP contribution in [0.25, 0.3) is 0 Å². The maximum atomic E-state index is 11.3. The van der Waals surface area contributed by atoms with Gasteiger partial charge >= 0.3 is 12.0 Å². The standard InChI is InChI=1S/C11H20N2O3/c1-7(2)5-9(10(14)15)13-11(16)12-6-8(3)4/h7,9H,3,5-6H2,1-2,4H3,(H,14,15)(H2,12,13,16). The fourth-order valence-corrected chi connectivity index (χ4v) is 1.13.